The van der Waals surface area contributed by atoms with E-state index in [2.05, 4.69) is 24.0 Å². The molecule has 5 nitrogen and oxygen atoms in total. The molecule has 0 aliphatic carbocycles. The zero-order chi connectivity index (χ0) is 18.5. The van der Waals surface area contributed by atoms with E-state index in [1.807, 2.05) is 31.7 Å². The Morgan fingerprint density at radius 3 is 2.73 bits per heavy atom. The lowest BCUT2D eigenvalue weighted by Gasteiger charge is -2.20. The van der Waals surface area contributed by atoms with Crippen LogP contribution >= 0.6 is 0 Å². The van der Waals surface area contributed by atoms with Crippen LogP contribution in [-0.4, -0.2) is 22.4 Å². The van der Waals surface area contributed by atoms with Crippen molar-refractivity contribution in [2.75, 3.05) is 11.4 Å². The van der Waals surface area contributed by atoms with Gasteiger partial charge in [-0.3, -0.25) is 4.79 Å². The van der Waals surface area contributed by atoms with Gasteiger partial charge in [-0.1, -0.05) is 19.8 Å². The molecule has 1 N–H and O–H groups in total. The number of rotatable bonds is 5. The summed E-state index contributed by atoms with van der Waals surface area (Å²) in [6.07, 6.45) is 5.02. The van der Waals surface area contributed by atoms with E-state index in [1.165, 1.54) is 0 Å². The van der Waals surface area contributed by atoms with Crippen molar-refractivity contribution < 1.29 is 9.21 Å². The molecule has 0 spiro atoms. The summed E-state index contributed by atoms with van der Waals surface area (Å²) in [6.45, 7) is 8.89. The van der Waals surface area contributed by atoms with Gasteiger partial charge in [-0.25, -0.2) is 4.98 Å². The highest BCUT2D eigenvalue weighted by molar-refractivity contribution is 6.09. The third-order valence-electron chi connectivity index (χ3n) is 5.33. The fraction of sp³-hybridized carbons (Fsp3) is 0.429. The second kappa shape index (κ2) is 6.01. The second-order valence-corrected chi connectivity index (χ2v) is 7.71. The third-order valence-corrected chi connectivity index (χ3v) is 5.33. The van der Waals surface area contributed by atoms with Crippen molar-refractivity contribution in [1.82, 2.24) is 9.97 Å². The number of benzene rings is 1. The summed E-state index contributed by atoms with van der Waals surface area (Å²) >= 11 is 0. The number of unbranched alkanes of at least 4 members (excludes halogenated alkanes) is 2. The van der Waals surface area contributed by atoms with Gasteiger partial charge in [0, 0.05) is 6.54 Å². The number of amides is 1. The predicted octanol–water partition coefficient (Wildman–Crippen LogP) is 4.95. The highest BCUT2D eigenvalue weighted by Crippen LogP contribution is 2.43. The van der Waals surface area contributed by atoms with Gasteiger partial charge in [0.15, 0.2) is 0 Å². The number of nitrogens with zero attached hydrogens (tertiary/aromatic N) is 2. The van der Waals surface area contributed by atoms with Gasteiger partial charge in [0.05, 0.1) is 27.7 Å². The number of aromatic nitrogens is 2. The number of carbonyl (C=O) groups excluding carboxylic acids is 1. The minimum absolute atomic E-state index is 0.182. The average molecular weight is 351 g/mol. The van der Waals surface area contributed by atoms with Gasteiger partial charge in [0.25, 0.3) is 0 Å². The van der Waals surface area contributed by atoms with Crippen molar-refractivity contribution in [3.63, 3.8) is 0 Å². The van der Waals surface area contributed by atoms with Crippen molar-refractivity contribution in [1.29, 1.82) is 0 Å². The molecular formula is C21H25N3O2. The van der Waals surface area contributed by atoms with Gasteiger partial charge >= 0.3 is 0 Å². The monoisotopic (exact) mass is 351 g/mol. The van der Waals surface area contributed by atoms with E-state index in [0.717, 1.165) is 65.2 Å². The highest BCUT2D eigenvalue weighted by Gasteiger charge is 2.43. The summed E-state index contributed by atoms with van der Waals surface area (Å²) in [5.41, 5.74) is 4.34. The lowest BCUT2D eigenvalue weighted by molar-refractivity contribution is -0.122. The van der Waals surface area contributed by atoms with Gasteiger partial charge in [-0.05, 0) is 51.0 Å². The van der Waals surface area contributed by atoms with E-state index in [4.69, 9.17) is 9.40 Å². The van der Waals surface area contributed by atoms with Gasteiger partial charge in [-0.2, -0.15) is 0 Å². The van der Waals surface area contributed by atoms with Crippen LogP contribution in [0.15, 0.2) is 28.9 Å². The Morgan fingerprint density at radius 1 is 1.23 bits per heavy atom. The summed E-state index contributed by atoms with van der Waals surface area (Å²) in [5.74, 6) is 1.83. The number of hydrogen-bond acceptors (Lipinski definition) is 3. The van der Waals surface area contributed by atoms with Gasteiger partial charge in [0.1, 0.15) is 17.8 Å². The quantitative estimate of drug-likeness (QED) is 0.662. The van der Waals surface area contributed by atoms with E-state index in [9.17, 15) is 4.79 Å². The zero-order valence-electron chi connectivity index (χ0n) is 15.8. The first-order valence-electron chi connectivity index (χ1n) is 9.33. The Hall–Kier alpha value is -2.56. The average Bonchev–Trinajstić information content (AvgIpc) is 3.26. The van der Waals surface area contributed by atoms with Crippen LogP contribution in [0.25, 0.3) is 22.4 Å². The molecule has 1 aliphatic heterocycles. The number of anilines is 1. The summed E-state index contributed by atoms with van der Waals surface area (Å²) in [4.78, 5) is 23.0. The molecule has 1 aromatic carbocycles. The van der Waals surface area contributed by atoms with Crippen LogP contribution in [0.5, 0.6) is 0 Å². The number of carbonyl (C=O) groups is 1. The summed E-state index contributed by atoms with van der Waals surface area (Å²) in [5, 5.41) is 0. The first-order valence-corrected chi connectivity index (χ1v) is 9.33. The molecule has 136 valence electrons. The van der Waals surface area contributed by atoms with Gasteiger partial charge in [-0.15, -0.1) is 0 Å². The molecule has 26 heavy (non-hydrogen) atoms. The molecule has 0 bridgehead atoms. The highest BCUT2D eigenvalue weighted by atomic mass is 16.3. The number of furan rings is 1. The number of H-pyrrole nitrogens is 1. The molecule has 4 rings (SSSR count). The van der Waals surface area contributed by atoms with Gasteiger partial charge < -0.3 is 14.3 Å². The first kappa shape index (κ1) is 16.9. The number of nitrogens with one attached hydrogen (secondary N) is 1. The molecule has 0 radical (unpaired) electrons. The maximum absolute atomic E-state index is 13.0. The number of hydrogen-bond donors (Lipinski definition) is 1. The van der Waals surface area contributed by atoms with Crippen LogP contribution in [-0.2, 0) is 10.2 Å². The number of aryl methyl sites for hydroxylation is 1. The fourth-order valence-electron chi connectivity index (χ4n) is 3.78. The standard InChI is InChI=1S/C21H25N3O2/c1-5-6-7-8-24-18-11-17-16(10-15(18)21(3,4)20(24)25)22-19(23-17)14-9-13(2)26-12-14/h9-12H,5-8H2,1-4H3,(H,22,23). The Balaban J connectivity index is 1.78. The number of aromatic amines is 1. The third kappa shape index (κ3) is 2.54. The fourth-order valence-corrected chi connectivity index (χ4v) is 3.78. The number of imidazole rings is 1. The maximum Gasteiger partial charge on any atom is 0.237 e. The summed E-state index contributed by atoms with van der Waals surface area (Å²) in [6, 6.07) is 6.11. The van der Waals surface area contributed by atoms with Crippen molar-refractivity contribution in [3.8, 4) is 11.4 Å². The van der Waals surface area contributed by atoms with Crippen LogP contribution in [0.4, 0.5) is 5.69 Å². The second-order valence-electron chi connectivity index (χ2n) is 7.71. The Bertz CT molecular complexity index is 980. The maximum atomic E-state index is 13.0. The van der Waals surface area contributed by atoms with E-state index in [0.29, 0.717) is 0 Å². The predicted molar refractivity (Wildman–Crippen MR) is 103 cm³/mol. The minimum atomic E-state index is -0.513. The number of fused-ring (bicyclic) bond motifs is 2. The smallest absolute Gasteiger partial charge is 0.237 e. The first-order chi connectivity index (χ1) is 12.4. The molecule has 3 heterocycles. The molecular weight excluding hydrogens is 326 g/mol. The van der Waals surface area contributed by atoms with Crippen molar-refractivity contribution in [2.45, 2.75) is 52.4 Å². The lowest BCUT2D eigenvalue weighted by atomic mass is 9.86. The molecule has 1 amide bonds. The summed E-state index contributed by atoms with van der Waals surface area (Å²) < 4.78 is 5.40. The molecule has 0 saturated carbocycles. The normalized spacial score (nSPS) is 15.8. The van der Waals surface area contributed by atoms with Crippen LogP contribution in [0.2, 0.25) is 0 Å². The largest absolute Gasteiger partial charge is 0.469 e. The van der Waals surface area contributed by atoms with Crippen molar-refractivity contribution in [2.24, 2.45) is 0 Å². The molecule has 0 atom stereocenters. The lowest BCUT2D eigenvalue weighted by Crippen LogP contribution is -2.36. The summed E-state index contributed by atoms with van der Waals surface area (Å²) in [7, 11) is 0. The van der Waals surface area contributed by atoms with Crippen LogP contribution in [0, 0.1) is 6.92 Å². The minimum Gasteiger partial charge on any atom is -0.469 e. The molecule has 0 saturated heterocycles. The van der Waals surface area contributed by atoms with Crippen molar-refractivity contribution >= 4 is 22.6 Å². The van der Waals surface area contributed by atoms with Crippen LogP contribution in [0.3, 0.4) is 0 Å². The van der Waals surface area contributed by atoms with Crippen LogP contribution in [0.1, 0.15) is 51.4 Å². The topological polar surface area (TPSA) is 62.1 Å². The van der Waals surface area contributed by atoms with Crippen molar-refractivity contribution in [3.05, 3.63) is 35.8 Å². The van der Waals surface area contributed by atoms with E-state index >= 15 is 0 Å². The van der Waals surface area contributed by atoms with E-state index in [1.54, 1.807) is 6.26 Å². The van der Waals surface area contributed by atoms with E-state index < -0.39 is 5.41 Å². The van der Waals surface area contributed by atoms with E-state index in [-0.39, 0.29) is 5.91 Å². The Labute approximate surface area is 153 Å². The molecule has 1 aliphatic rings. The zero-order valence-corrected chi connectivity index (χ0v) is 15.8. The van der Waals surface area contributed by atoms with Gasteiger partial charge in [0.2, 0.25) is 5.91 Å². The Kier molecular flexibility index (Phi) is 3.90. The molecule has 0 unspecified atom stereocenters. The Morgan fingerprint density at radius 2 is 2.04 bits per heavy atom. The molecule has 5 heteroatoms. The van der Waals surface area contributed by atoms with Crippen LogP contribution < -0.4 is 4.90 Å². The molecule has 3 aromatic rings. The SMILES string of the molecule is CCCCCN1C(=O)C(C)(C)c2cc3nc(-c4coc(C)c4)[nH]c3cc21. The molecule has 2 aromatic heterocycles. The molecule has 0 fully saturated rings.